The van der Waals surface area contributed by atoms with Gasteiger partial charge in [0.25, 0.3) is 5.92 Å². The van der Waals surface area contributed by atoms with Gasteiger partial charge < -0.3 is 25.8 Å². The number of rotatable bonds is 7. The van der Waals surface area contributed by atoms with Crippen LogP contribution in [0.4, 0.5) is 27.8 Å². The fourth-order valence-electron chi connectivity index (χ4n) is 3.22. The number of nitrogen functional groups attached to an aromatic ring is 1. The summed E-state index contributed by atoms with van der Waals surface area (Å²) in [5.74, 6) is -5.15. The van der Waals surface area contributed by atoms with Gasteiger partial charge in [0.05, 0.1) is 31.6 Å². The molecule has 3 rings (SSSR count). The summed E-state index contributed by atoms with van der Waals surface area (Å²) in [6, 6.07) is 5.80. The molecule has 2 aromatic rings. The van der Waals surface area contributed by atoms with Crippen molar-refractivity contribution in [1.82, 2.24) is 9.88 Å². The summed E-state index contributed by atoms with van der Waals surface area (Å²) in [5, 5.41) is 0. The standard InChI is InChI=1S/C20H19F5N4O4/c21-19(22)7-16(32-9-13-6-12(18(27)31)8-28-17(13)26)29(10-19)15(30)5-11-1-3-14(4-2-11)33-20(23,24)25/h1-4,6,8,16H,5,7,9-10H2,(H2,26,28)(H2,27,31)/t16-/m0/s1. The van der Waals surface area contributed by atoms with Crippen molar-refractivity contribution in [2.24, 2.45) is 5.73 Å². The monoisotopic (exact) mass is 474 g/mol. The van der Waals surface area contributed by atoms with Crippen molar-refractivity contribution in [2.45, 2.75) is 38.0 Å². The first-order valence-electron chi connectivity index (χ1n) is 9.51. The highest BCUT2D eigenvalue weighted by atomic mass is 19.4. The fraction of sp³-hybridized carbons (Fsp3) is 0.350. The quantitative estimate of drug-likeness (QED) is 0.596. The second kappa shape index (κ2) is 9.17. The number of aromatic nitrogens is 1. The van der Waals surface area contributed by atoms with Crippen LogP contribution in [0.25, 0.3) is 0 Å². The van der Waals surface area contributed by atoms with Crippen LogP contribution >= 0.6 is 0 Å². The molecule has 1 fully saturated rings. The van der Waals surface area contributed by atoms with Gasteiger partial charge in [-0.25, -0.2) is 13.8 Å². The number of nitrogens with two attached hydrogens (primary N) is 2. The molecule has 1 atom stereocenters. The summed E-state index contributed by atoms with van der Waals surface area (Å²) in [6.07, 6.45) is -6.11. The first-order chi connectivity index (χ1) is 15.3. The number of pyridine rings is 1. The molecule has 0 radical (unpaired) electrons. The van der Waals surface area contributed by atoms with Gasteiger partial charge in [-0.2, -0.15) is 0 Å². The second-order valence-electron chi connectivity index (χ2n) is 7.35. The van der Waals surface area contributed by atoms with Crippen LogP contribution in [-0.4, -0.2) is 46.8 Å². The maximum atomic E-state index is 14.0. The summed E-state index contributed by atoms with van der Waals surface area (Å²) >= 11 is 0. The van der Waals surface area contributed by atoms with E-state index >= 15 is 0 Å². The Kier molecular flexibility index (Phi) is 6.72. The number of nitrogens with zero attached hydrogens (tertiary/aromatic N) is 2. The molecule has 1 saturated heterocycles. The van der Waals surface area contributed by atoms with Gasteiger partial charge in [0.15, 0.2) is 0 Å². The van der Waals surface area contributed by atoms with Crippen molar-refractivity contribution in [3.8, 4) is 5.75 Å². The predicted molar refractivity (Wildman–Crippen MR) is 104 cm³/mol. The molecule has 4 N–H and O–H groups in total. The van der Waals surface area contributed by atoms with Crippen molar-refractivity contribution in [3.63, 3.8) is 0 Å². The average molecular weight is 474 g/mol. The van der Waals surface area contributed by atoms with Gasteiger partial charge in [0.1, 0.15) is 17.8 Å². The van der Waals surface area contributed by atoms with Crippen LogP contribution in [0.1, 0.15) is 27.9 Å². The van der Waals surface area contributed by atoms with Crippen molar-refractivity contribution in [3.05, 3.63) is 53.2 Å². The van der Waals surface area contributed by atoms with E-state index in [4.69, 9.17) is 16.2 Å². The van der Waals surface area contributed by atoms with Crippen LogP contribution in [0.2, 0.25) is 0 Å². The Morgan fingerprint density at radius 3 is 2.48 bits per heavy atom. The van der Waals surface area contributed by atoms with Gasteiger partial charge >= 0.3 is 6.36 Å². The average Bonchev–Trinajstić information content (AvgIpc) is 3.02. The second-order valence-corrected chi connectivity index (χ2v) is 7.35. The van der Waals surface area contributed by atoms with E-state index in [1.165, 1.54) is 18.2 Å². The van der Waals surface area contributed by atoms with Crippen LogP contribution < -0.4 is 16.2 Å². The predicted octanol–water partition coefficient (Wildman–Crippen LogP) is 2.61. The largest absolute Gasteiger partial charge is 0.573 e. The molecule has 178 valence electrons. The van der Waals surface area contributed by atoms with E-state index in [0.29, 0.717) is 5.56 Å². The molecule has 1 aromatic carbocycles. The lowest BCUT2D eigenvalue weighted by Gasteiger charge is -2.24. The van der Waals surface area contributed by atoms with Crippen molar-refractivity contribution < 1.29 is 41.0 Å². The summed E-state index contributed by atoms with van der Waals surface area (Å²) < 4.78 is 74.1. The molecule has 0 aliphatic carbocycles. The molecule has 0 spiro atoms. The van der Waals surface area contributed by atoms with Gasteiger partial charge in [-0.05, 0) is 23.8 Å². The zero-order valence-corrected chi connectivity index (χ0v) is 16.9. The zero-order chi connectivity index (χ0) is 24.4. The molecule has 2 heterocycles. The third kappa shape index (κ3) is 6.51. The minimum absolute atomic E-state index is 0.00352. The number of carbonyl (C=O) groups is 2. The number of amides is 2. The summed E-state index contributed by atoms with van der Waals surface area (Å²) in [6.45, 7) is -1.20. The highest BCUT2D eigenvalue weighted by Crippen LogP contribution is 2.34. The van der Waals surface area contributed by atoms with E-state index in [2.05, 4.69) is 9.72 Å². The minimum atomic E-state index is -4.86. The molecule has 8 nitrogen and oxygen atoms in total. The smallest absolute Gasteiger partial charge is 0.406 e. The molecule has 13 heteroatoms. The van der Waals surface area contributed by atoms with E-state index in [9.17, 15) is 31.5 Å². The minimum Gasteiger partial charge on any atom is -0.406 e. The molecule has 1 aromatic heterocycles. The summed E-state index contributed by atoms with van der Waals surface area (Å²) in [5.41, 5.74) is 11.5. The number of carbonyl (C=O) groups excluding carboxylic acids is 2. The highest BCUT2D eigenvalue weighted by Gasteiger charge is 2.47. The van der Waals surface area contributed by atoms with E-state index in [1.54, 1.807) is 0 Å². The Labute approximate surface area is 184 Å². The summed E-state index contributed by atoms with van der Waals surface area (Å²) in [4.78, 5) is 28.6. The third-order valence-electron chi connectivity index (χ3n) is 4.77. The van der Waals surface area contributed by atoms with Crippen molar-refractivity contribution in [2.75, 3.05) is 12.3 Å². The molecule has 1 aliphatic heterocycles. The number of anilines is 1. The first kappa shape index (κ1) is 24.2. The highest BCUT2D eigenvalue weighted by molar-refractivity contribution is 5.92. The van der Waals surface area contributed by atoms with Crippen LogP contribution in [0.5, 0.6) is 5.75 Å². The molecular formula is C20H19F5N4O4. The number of benzene rings is 1. The molecule has 1 aliphatic rings. The molecule has 33 heavy (non-hydrogen) atoms. The van der Waals surface area contributed by atoms with Gasteiger partial charge in [-0.15, -0.1) is 13.2 Å². The van der Waals surface area contributed by atoms with E-state index < -0.39 is 49.0 Å². The Morgan fingerprint density at radius 2 is 1.88 bits per heavy atom. The van der Waals surface area contributed by atoms with E-state index in [1.807, 2.05) is 0 Å². The third-order valence-corrected chi connectivity index (χ3v) is 4.77. The summed E-state index contributed by atoms with van der Waals surface area (Å²) in [7, 11) is 0. The van der Waals surface area contributed by atoms with E-state index in [-0.39, 0.29) is 30.0 Å². The topological polar surface area (TPSA) is 121 Å². The van der Waals surface area contributed by atoms with Gasteiger partial charge in [0, 0.05) is 11.8 Å². The van der Waals surface area contributed by atoms with Crippen LogP contribution in [-0.2, 0) is 22.6 Å². The van der Waals surface area contributed by atoms with Gasteiger partial charge in [-0.3, -0.25) is 9.59 Å². The number of hydrogen-bond donors (Lipinski definition) is 2. The van der Waals surface area contributed by atoms with Crippen LogP contribution in [0.15, 0.2) is 36.5 Å². The Bertz CT molecular complexity index is 1030. The fourth-order valence-corrected chi connectivity index (χ4v) is 3.22. The maximum Gasteiger partial charge on any atom is 0.573 e. The Morgan fingerprint density at radius 1 is 1.21 bits per heavy atom. The number of hydrogen-bond acceptors (Lipinski definition) is 6. The SMILES string of the molecule is NC(=O)c1cnc(N)c(CO[C@H]2CC(F)(F)CN2C(=O)Cc2ccc(OC(F)(F)F)cc2)c1. The zero-order valence-electron chi connectivity index (χ0n) is 16.9. The number of primary amides is 1. The van der Waals surface area contributed by atoms with E-state index in [0.717, 1.165) is 23.2 Å². The van der Waals surface area contributed by atoms with Crippen LogP contribution in [0.3, 0.4) is 0 Å². The number of alkyl halides is 5. The molecule has 0 unspecified atom stereocenters. The van der Waals surface area contributed by atoms with Crippen molar-refractivity contribution >= 4 is 17.6 Å². The van der Waals surface area contributed by atoms with Crippen molar-refractivity contribution in [1.29, 1.82) is 0 Å². The first-order valence-corrected chi connectivity index (χ1v) is 9.51. The van der Waals surface area contributed by atoms with Gasteiger partial charge in [-0.1, -0.05) is 12.1 Å². The molecule has 2 amide bonds. The normalized spacial score (nSPS) is 17.7. The molecule has 0 saturated carbocycles. The van der Waals surface area contributed by atoms with Gasteiger partial charge in [0.2, 0.25) is 11.8 Å². The maximum absolute atomic E-state index is 14.0. The Balaban J connectivity index is 1.67. The lowest BCUT2D eigenvalue weighted by atomic mass is 10.1. The Hall–Kier alpha value is -3.48. The molecule has 0 bridgehead atoms. The lowest BCUT2D eigenvalue weighted by molar-refractivity contribution is -0.274. The number of halogens is 5. The number of likely N-dealkylation sites (tertiary alicyclic amines) is 1. The number of ether oxygens (including phenoxy) is 2. The van der Waals surface area contributed by atoms with Crippen LogP contribution in [0, 0.1) is 0 Å². The lowest BCUT2D eigenvalue weighted by Crippen LogP contribution is -2.39. The molecular weight excluding hydrogens is 455 g/mol.